The smallest absolute Gasteiger partial charge is 0.275 e. The van der Waals surface area contributed by atoms with Gasteiger partial charge in [0.05, 0.1) is 22.5 Å². The Morgan fingerprint density at radius 3 is 2.72 bits per heavy atom. The van der Waals surface area contributed by atoms with Crippen LogP contribution < -0.4 is 5.43 Å². The molecule has 0 amide bonds. The average Bonchev–Trinajstić information content (AvgIpc) is 3.12. The van der Waals surface area contributed by atoms with Crippen LogP contribution in [0.4, 0.5) is 19.1 Å². The van der Waals surface area contributed by atoms with Crippen LogP contribution in [0, 0.1) is 12.1 Å². The van der Waals surface area contributed by atoms with Crippen LogP contribution in [0.3, 0.4) is 0 Å². The molecule has 0 unspecified atom stereocenters. The van der Waals surface area contributed by atoms with Crippen molar-refractivity contribution in [2.24, 2.45) is 12.1 Å². The molecule has 3 aromatic rings. The van der Waals surface area contributed by atoms with E-state index in [2.05, 4.69) is 25.6 Å². The van der Waals surface area contributed by atoms with Crippen molar-refractivity contribution in [1.82, 2.24) is 19.7 Å². The summed E-state index contributed by atoms with van der Waals surface area (Å²) in [5.41, 5.74) is 3.68. The normalized spacial score (nSPS) is 11.6. The lowest BCUT2D eigenvalue weighted by atomic mass is 10.1. The fourth-order valence-corrected chi connectivity index (χ4v) is 2.77. The van der Waals surface area contributed by atoms with E-state index in [0.717, 1.165) is 11.3 Å². The van der Waals surface area contributed by atoms with Gasteiger partial charge >= 0.3 is 0 Å². The van der Waals surface area contributed by atoms with Crippen LogP contribution in [0.25, 0.3) is 11.3 Å². The predicted molar refractivity (Wildman–Crippen MR) is 89.4 cm³/mol. The third-order valence-corrected chi connectivity index (χ3v) is 4.02. The van der Waals surface area contributed by atoms with Crippen molar-refractivity contribution in [3.8, 4) is 11.3 Å². The molecule has 130 valence electrons. The van der Waals surface area contributed by atoms with E-state index < -0.39 is 12.1 Å². The van der Waals surface area contributed by atoms with E-state index in [-0.39, 0.29) is 11.1 Å². The number of anilines is 1. The number of aryl methyl sites for hydroxylation is 2. The third kappa shape index (κ3) is 4.02. The molecule has 0 aromatic carbocycles. The van der Waals surface area contributed by atoms with Crippen molar-refractivity contribution < 1.29 is 13.2 Å². The highest BCUT2D eigenvalue weighted by Crippen LogP contribution is 2.26. The van der Waals surface area contributed by atoms with Crippen LogP contribution >= 0.6 is 11.3 Å². The molecule has 0 saturated heterocycles. The summed E-state index contributed by atoms with van der Waals surface area (Å²) in [5, 5.41) is 7.71. The molecule has 6 nitrogen and oxygen atoms in total. The summed E-state index contributed by atoms with van der Waals surface area (Å²) in [4.78, 5) is 8.52. The summed E-state index contributed by atoms with van der Waals surface area (Å²) in [6.45, 7) is 1.76. The van der Waals surface area contributed by atoms with Crippen LogP contribution in [-0.4, -0.2) is 26.0 Å². The number of rotatable bonds is 5. The zero-order valence-corrected chi connectivity index (χ0v) is 14.1. The fraction of sp³-hybridized carbons (Fsp3) is 0.200. The van der Waals surface area contributed by atoms with Gasteiger partial charge in [0, 0.05) is 18.8 Å². The van der Waals surface area contributed by atoms with Gasteiger partial charge in [-0.05, 0) is 25.1 Å². The second-order valence-corrected chi connectivity index (χ2v) is 6.18. The number of hydrogen-bond donors (Lipinski definition) is 1. The van der Waals surface area contributed by atoms with Crippen LogP contribution in [0.2, 0.25) is 0 Å². The largest absolute Gasteiger partial charge is 0.280 e. The molecular weight excluding hydrogens is 353 g/mol. The van der Waals surface area contributed by atoms with E-state index in [0.29, 0.717) is 21.8 Å². The third-order valence-electron chi connectivity index (χ3n) is 3.21. The van der Waals surface area contributed by atoms with Gasteiger partial charge in [0.15, 0.2) is 5.13 Å². The molecule has 0 aliphatic rings. The zero-order valence-electron chi connectivity index (χ0n) is 13.2. The first-order valence-electron chi connectivity index (χ1n) is 7.14. The molecule has 10 heteroatoms. The number of halogens is 3. The molecule has 0 spiro atoms. The number of alkyl halides is 2. The lowest BCUT2D eigenvalue weighted by Crippen LogP contribution is -2.02. The number of aromatic nitrogens is 4. The molecule has 1 N–H and O–H groups in total. The highest BCUT2D eigenvalue weighted by atomic mass is 32.1. The molecular formula is C15H13F3N6S. The maximum atomic E-state index is 13.1. The minimum Gasteiger partial charge on any atom is -0.275 e. The van der Waals surface area contributed by atoms with Gasteiger partial charge in [0.1, 0.15) is 5.69 Å². The second kappa shape index (κ2) is 7.01. The molecule has 25 heavy (non-hydrogen) atoms. The molecule has 3 rings (SSSR count). The van der Waals surface area contributed by atoms with Gasteiger partial charge < -0.3 is 0 Å². The van der Waals surface area contributed by atoms with Crippen molar-refractivity contribution >= 4 is 23.5 Å². The Morgan fingerprint density at radius 1 is 1.32 bits per heavy atom. The Kier molecular flexibility index (Phi) is 4.79. The molecule has 0 atom stereocenters. The van der Waals surface area contributed by atoms with Gasteiger partial charge in [-0.3, -0.25) is 4.68 Å². The summed E-state index contributed by atoms with van der Waals surface area (Å²) in [6, 6.07) is 4.08. The highest BCUT2D eigenvalue weighted by Gasteiger charge is 2.16. The van der Waals surface area contributed by atoms with Gasteiger partial charge in [-0.1, -0.05) is 0 Å². The van der Waals surface area contributed by atoms with Gasteiger partial charge in [-0.25, -0.2) is 24.2 Å². The van der Waals surface area contributed by atoms with E-state index in [1.807, 2.05) is 0 Å². The monoisotopic (exact) mass is 366 g/mol. The number of nitrogens with one attached hydrogen (secondary N) is 1. The van der Waals surface area contributed by atoms with Gasteiger partial charge in [-0.15, -0.1) is 11.3 Å². The molecule has 0 bridgehead atoms. The molecule has 0 saturated carbocycles. The molecule has 3 aromatic heterocycles. The average molecular weight is 366 g/mol. The summed E-state index contributed by atoms with van der Waals surface area (Å²) < 4.78 is 40.7. The molecule has 0 aliphatic heterocycles. The first kappa shape index (κ1) is 17.1. The minimum absolute atomic E-state index is 0.0793. The SMILES string of the molecule is Cc1nn(C)cc1-c1cc(C(F)F)nc(N/N=C\c2ccc(F)s2)n1. The van der Waals surface area contributed by atoms with Crippen molar-refractivity contribution in [2.75, 3.05) is 5.43 Å². The van der Waals surface area contributed by atoms with Crippen molar-refractivity contribution in [2.45, 2.75) is 13.3 Å². The fourth-order valence-electron chi connectivity index (χ4n) is 2.17. The van der Waals surface area contributed by atoms with E-state index in [4.69, 9.17) is 0 Å². The van der Waals surface area contributed by atoms with Crippen molar-refractivity contribution in [3.63, 3.8) is 0 Å². The number of nitrogens with zero attached hydrogens (tertiary/aromatic N) is 5. The second-order valence-electron chi connectivity index (χ2n) is 5.12. The molecule has 3 heterocycles. The van der Waals surface area contributed by atoms with Gasteiger partial charge in [-0.2, -0.15) is 14.6 Å². The topological polar surface area (TPSA) is 68.0 Å². The lowest BCUT2D eigenvalue weighted by Gasteiger charge is -2.06. The summed E-state index contributed by atoms with van der Waals surface area (Å²) in [5.74, 6) is -0.0793. The molecule has 0 aliphatic carbocycles. The molecule has 0 radical (unpaired) electrons. The first-order valence-corrected chi connectivity index (χ1v) is 7.96. The molecule has 0 fully saturated rings. The van der Waals surface area contributed by atoms with E-state index >= 15 is 0 Å². The predicted octanol–water partition coefficient (Wildman–Crippen LogP) is 3.77. The van der Waals surface area contributed by atoms with Crippen LogP contribution in [-0.2, 0) is 7.05 Å². The Balaban J connectivity index is 1.90. The van der Waals surface area contributed by atoms with Crippen molar-refractivity contribution in [3.05, 3.63) is 45.8 Å². The van der Waals surface area contributed by atoms with E-state index in [1.54, 1.807) is 30.9 Å². The Hall–Kier alpha value is -2.75. The quantitative estimate of drug-likeness (QED) is 0.551. The van der Waals surface area contributed by atoms with Crippen LogP contribution in [0.1, 0.15) is 22.7 Å². The highest BCUT2D eigenvalue weighted by molar-refractivity contribution is 7.12. The van der Waals surface area contributed by atoms with E-state index in [9.17, 15) is 13.2 Å². The van der Waals surface area contributed by atoms with Crippen LogP contribution in [0.15, 0.2) is 29.5 Å². The minimum atomic E-state index is -2.75. The Morgan fingerprint density at radius 2 is 2.12 bits per heavy atom. The van der Waals surface area contributed by atoms with Crippen molar-refractivity contribution in [1.29, 1.82) is 0 Å². The summed E-state index contributed by atoms with van der Waals surface area (Å²) in [7, 11) is 1.73. The number of hydrogen-bond acceptors (Lipinski definition) is 6. The van der Waals surface area contributed by atoms with E-state index in [1.165, 1.54) is 18.3 Å². The Labute approximate surface area is 145 Å². The maximum Gasteiger partial charge on any atom is 0.280 e. The number of thiophene rings is 1. The maximum absolute atomic E-state index is 13.1. The summed E-state index contributed by atoms with van der Waals surface area (Å²) in [6.07, 6.45) is 0.296. The number of hydrazone groups is 1. The van der Waals surface area contributed by atoms with Crippen LogP contribution in [0.5, 0.6) is 0 Å². The van der Waals surface area contributed by atoms with Gasteiger partial charge in [0.25, 0.3) is 6.43 Å². The summed E-state index contributed by atoms with van der Waals surface area (Å²) >= 11 is 0.908. The standard InChI is InChI=1S/C15H13F3N6S/c1-8-10(7-24(2)23-8)11-5-12(14(17)18)21-15(20-11)22-19-6-9-3-4-13(16)25-9/h3-7,14H,1-2H3,(H,20,21,22)/b19-6-. The zero-order chi connectivity index (χ0) is 18.0. The lowest BCUT2D eigenvalue weighted by molar-refractivity contribution is 0.146. The Bertz CT molecular complexity index is 918. The first-order chi connectivity index (χ1) is 11.9. The van der Waals surface area contributed by atoms with Gasteiger partial charge in [0.2, 0.25) is 5.95 Å².